The van der Waals surface area contributed by atoms with Gasteiger partial charge in [-0.3, -0.25) is 4.79 Å². The minimum atomic E-state index is -0.406. The van der Waals surface area contributed by atoms with Gasteiger partial charge in [-0.2, -0.15) is 0 Å². The summed E-state index contributed by atoms with van der Waals surface area (Å²) < 4.78 is 21.6. The first kappa shape index (κ1) is 24.5. The monoisotopic (exact) mass is 518 g/mol. The molecule has 1 amide bonds. The third kappa shape index (κ3) is 5.49. The van der Waals surface area contributed by atoms with Gasteiger partial charge in [0.25, 0.3) is 0 Å². The highest BCUT2D eigenvalue weighted by molar-refractivity contribution is 8.00. The zero-order valence-corrected chi connectivity index (χ0v) is 21.4. The maximum absolute atomic E-state index is 13.1. The van der Waals surface area contributed by atoms with Crippen molar-refractivity contribution in [3.8, 4) is 23.0 Å². The van der Waals surface area contributed by atoms with E-state index >= 15 is 0 Å². The molecule has 0 radical (unpaired) electrons. The second kappa shape index (κ2) is 10.8. The van der Waals surface area contributed by atoms with Gasteiger partial charge in [0.05, 0.1) is 25.0 Å². The van der Waals surface area contributed by atoms with Crippen LogP contribution in [0.2, 0.25) is 0 Å². The van der Waals surface area contributed by atoms with Crippen LogP contribution < -0.4 is 29.6 Å². The van der Waals surface area contributed by atoms with Gasteiger partial charge in [-0.25, -0.2) is 9.97 Å². The van der Waals surface area contributed by atoms with Crippen LogP contribution in [0.25, 0.3) is 10.9 Å². The number of thioether (sulfide) groups is 1. The van der Waals surface area contributed by atoms with Crippen LogP contribution in [0.5, 0.6) is 23.0 Å². The fourth-order valence-corrected chi connectivity index (χ4v) is 4.75. The summed E-state index contributed by atoms with van der Waals surface area (Å²) in [4.78, 5) is 22.6. The first-order chi connectivity index (χ1) is 18.1. The number of amides is 1. The lowest BCUT2D eigenvalue weighted by Gasteiger charge is -2.16. The molecule has 1 aromatic heterocycles. The summed E-state index contributed by atoms with van der Waals surface area (Å²) in [5, 5.41) is 7.27. The molecule has 0 saturated carbocycles. The van der Waals surface area contributed by atoms with Crippen LogP contribution in [-0.2, 0) is 4.79 Å². The Morgan fingerprint density at radius 3 is 2.49 bits per heavy atom. The van der Waals surface area contributed by atoms with Gasteiger partial charge in [0, 0.05) is 41.0 Å². The van der Waals surface area contributed by atoms with Crippen molar-refractivity contribution in [1.29, 1.82) is 0 Å². The third-order valence-electron chi connectivity index (χ3n) is 5.75. The Morgan fingerprint density at radius 2 is 1.73 bits per heavy atom. The molecule has 0 bridgehead atoms. The van der Waals surface area contributed by atoms with Gasteiger partial charge in [0.1, 0.15) is 17.3 Å². The number of carbonyl (C=O) groups excluding carboxylic acids is 1. The third-order valence-corrected chi connectivity index (χ3v) is 6.97. The Morgan fingerprint density at radius 1 is 0.973 bits per heavy atom. The quantitative estimate of drug-likeness (QED) is 0.215. The topological polar surface area (TPSA) is 104 Å². The number of hydrogen-bond donors (Lipinski definition) is 2. The highest BCUT2D eigenvalue weighted by Gasteiger charge is 2.22. The summed E-state index contributed by atoms with van der Waals surface area (Å²) in [6.07, 6.45) is 0.590. The molecule has 4 aromatic rings. The summed E-state index contributed by atoms with van der Waals surface area (Å²) >= 11 is 1.32. The van der Waals surface area contributed by atoms with Crippen LogP contribution in [0.3, 0.4) is 0 Å². The van der Waals surface area contributed by atoms with Gasteiger partial charge < -0.3 is 29.6 Å². The minimum Gasteiger partial charge on any atom is -0.497 e. The Balaban J connectivity index is 1.40. The Kier molecular flexibility index (Phi) is 7.18. The average Bonchev–Trinajstić information content (AvgIpc) is 3.39. The van der Waals surface area contributed by atoms with Gasteiger partial charge >= 0.3 is 0 Å². The molecular formula is C27H26N4O5S. The molecular weight excluding hydrogens is 492 g/mol. The average molecular weight is 519 g/mol. The first-order valence-corrected chi connectivity index (χ1v) is 12.6. The van der Waals surface area contributed by atoms with E-state index in [1.54, 1.807) is 38.5 Å². The Hall–Kier alpha value is -4.18. The fourth-order valence-electron chi connectivity index (χ4n) is 3.87. The van der Waals surface area contributed by atoms with Gasteiger partial charge in [-0.05, 0) is 30.7 Å². The zero-order valence-electron chi connectivity index (χ0n) is 20.6. The van der Waals surface area contributed by atoms with Crippen LogP contribution in [0.15, 0.2) is 65.8 Å². The second-order valence-corrected chi connectivity index (χ2v) is 9.34. The van der Waals surface area contributed by atoms with Crippen molar-refractivity contribution in [2.24, 2.45) is 0 Å². The summed E-state index contributed by atoms with van der Waals surface area (Å²) in [6.45, 7) is 2.14. The smallest absolute Gasteiger partial charge is 0.237 e. The highest BCUT2D eigenvalue weighted by atomic mass is 32.2. The van der Waals surface area contributed by atoms with Gasteiger partial charge in [-0.1, -0.05) is 30.8 Å². The second-order valence-electron chi connectivity index (χ2n) is 8.17. The van der Waals surface area contributed by atoms with Crippen LogP contribution >= 0.6 is 11.8 Å². The number of hydrogen-bond acceptors (Lipinski definition) is 9. The molecule has 37 heavy (non-hydrogen) atoms. The number of anilines is 3. The van der Waals surface area contributed by atoms with Crippen molar-refractivity contribution >= 4 is 45.8 Å². The predicted octanol–water partition coefficient (Wildman–Crippen LogP) is 5.63. The summed E-state index contributed by atoms with van der Waals surface area (Å²) in [6, 6.07) is 18.6. The van der Waals surface area contributed by atoms with E-state index in [2.05, 4.69) is 10.6 Å². The lowest BCUT2D eigenvalue weighted by atomic mass is 10.2. The molecule has 1 aliphatic heterocycles. The van der Waals surface area contributed by atoms with Crippen molar-refractivity contribution < 1.29 is 23.7 Å². The first-order valence-electron chi connectivity index (χ1n) is 11.7. The number of methoxy groups -OCH3 is 2. The molecule has 1 atom stereocenters. The molecule has 5 rings (SSSR count). The largest absolute Gasteiger partial charge is 0.497 e. The van der Waals surface area contributed by atoms with E-state index in [1.807, 2.05) is 43.3 Å². The SMILES string of the molecule is CC[C@H](Sc1nc(Nc2cc(OC)cc(OC)c2)c2ccccc2n1)C(=O)Nc1ccc2c(c1)OCO2. The van der Waals surface area contributed by atoms with Gasteiger partial charge in [0.15, 0.2) is 16.7 Å². The minimum absolute atomic E-state index is 0.143. The molecule has 190 valence electrons. The van der Waals surface area contributed by atoms with E-state index in [-0.39, 0.29) is 12.7 Å². The summed E-state index contributed by atoms with van der Waals surface area (Å²) in [5.41, 5.74) is 2.16. The van der Waals surface area contributed by atoms with E-state index < -0.39 is 5.25 Å². The van der Waals surface area contributed by atoms with Crippen molar-refractivity contribution in [2.75, 3.05) is 31.6 Å². The Bertz CT molecular complexity index is 1430. The van der Waals surface area contributed by atoms with Crippen molar-refractivity contribution in [2.45, 2.75) is 23.8 Å². The number of rotatable bonds is 9. The van der Waals surface area contributed by atoms with Gasteiger partial charge in [-0.15, -0.1) is 0 Å². The molecule has 0 aliphatic carbocycles. The van der Waals surface area contributed by atoms with Crippen molar-refractivity contribution in [3.63, 3.8) is 0 Å². The van der Waals surface area contributed by atoms with Crippen LogP contribution in [0, 0.1) is 0 Å². The summed E-state index contributed by atoms with van der Waals surface area (Å²) in [7, 11) is 3.21. The van der Waals surface area contributed by atoms with Crippen LogP contribution in [-0.4, -0.2) is 42.1 Å². The zero-order chi connectivity index (χ0) is 25.8. The maximum atomic E-state index is 13.1. The van der Waals surface area contributed by atoms with E-state index in [0.29, 0.717) is 46.1 Å². The molecule has 1 aliphatic rings. The molecule has 10 heteroatoms. The molecule has 0 unspecified atom stereocenters. The normalized spacial score (nSPS) is 12.7. The van der Waals surface area contributed by atoms with Crippen molar-refractivity contribution in [1.82, 2.24) is 9.97 Å². The number of nitrogens with one attached hydrogen (secondary N) is 2. The number of benzene rings is 3. The molecule has 2 N–H and O–H groups in total. The fraction of sp³-hybridized carbons (Fsp3) is 0.222. The number of aromatic nitrogens is 2. The lowest BCUT2D eigenvalue weighted by Crippen LogP contribution is -2.24. The predicted molar refractivity (Wildman–Crippen MR) is 143 cm³/mol. The molecule has 3 aromatic carbocycles. The number of fused-ring (bicyclic) bond motifs is 2. The number of ether oxygens (including phenoxy) is 4. The number of nitrogens with zero attached hydrogens (tertiary/aromatic N) is 2. The molecule has 0 saturated heterocycles. The molecule has 9 nitrogen and oxygen atoms in total. The molecule has 0 fully saturated rings. The summed E-state index contributed by atoms with van der Waals surface area (Å²) in [5.74, 6) is 3.06. The highest BCUT2D eigenvalue weighted by Crippen LogP contribution is 2.35. The lowest BCUT2D eigenvalue weighted by molar-refractivity contribution is -0.115. The molecule has 2 heterocycles. The maximum Gasteiger partial charge on any atom is 0.237 e. The van der Waals surface area contributed by atoms with Gasteiger partial charge in [0.2, 0.25) is 12.7 Å². The van der Waals surface area contributed by atoms with E-state index in [9.17, 15) is 4.79 Å². The number of para-hydroxylation sites is 1. The van der Waals surface area contributed by atoms with Crippen molar-refractivity contribution in [3.05, 3.63) is 60.7 Å². The standard InChI is InChI=1S/C27H26N4O5S/c1-4-24(26(32)29-16-9-10-22-23(13-16)36-15-35-22)37-27-30-21-8-6-5-7-20(21)25(31-27)28-17-11-18(33-2)14-19(12-17)34-3/h5-14,24H,4,15H2,1-3H3,(H,29,32)(H,28,30,31)/t24-/m0/s1. The van der Waals surface area contributed by atoms with Crippen LogP contribution in [0.1, 0.15) is 13.3 Å². The molecule has 0 spiro atoms. The van der Waals surface area contributed by atoms with Crippen LogP contribution in [0.4, 0.5) is 17.2 Å². The Labute approximate surface area is 218 Å². The van der Waals surface area contributed by atoms with E-state index in [4.69, 9.17) is 28.9 Å². The van der Waals surface area contributed by atoms with E-state index in [1.165, 1.54) is 11.8 Å². The number of carbonyl (C=O) groups is 1. The van der Waals surface area contributed by atoms with E-state index in [0.717, 1.165) is 16.6 Å².